The van der Waals surface area contributed by atoms with Crippen molar-refractivity contribution < 1.29 is 0 Å². The first-order valence-corrected chi connectivity index (χ1v) is 18.7. The Balaban J connectivity index is 1.04. The molecule has 2 nitrogen and oxygen atoms in total. The fourth-order valence-corrected chi connectivity index (χ4v) is 9.44. The molecule has 2 unspecified atom stereocenters. The molecule has 6 aromatic carbocycles. The summed E-state index contributed by atoms with van der Waals surface area (Å²) in [5.41, 5.74) is 8.72. The van der Waals surface area contributed by atoms with Crippen LogP contribution < -0.4 is 15.5 Å². The van der Waals surface area contributed by atoms with Gasteiger partial charge >= 0.3 is 0 Å². The van der Waals surface area contributed by atoms with Crippen LogP contribution in [0, 0.1) is 0 Å². The number of thiophene rings is 1. The first-order valence-electron chi connectivity index (χ1n) is 17.9. The quantitative estimate of drug-likeness (QED) is 0.171. The number of aromatic nitrogens is 1. The lowest BCUT2D eigenvalue weighted by Crippen LogP contribution is -2.32. The second-order valence-corrected chi connectivity index (χ2v) is 14.7. The molecule has 0 N–H and O–H groups in total. The molecule has 244 valence electrons. The molecule has 51 heavy (non-hydrogen) atoms. The van der Waals surface area contributed by atoms with Crippen LogP contribution in [-0.4, -0.2) is 4.57 Å². The number of allylic oxidation sites excluding steroid dienone is 4. The molecule has 2 aliphatic carbocycles. The molecule has 2 aromatic heterocycles. The lowest BCUT2D eigenvalue weighted by Gasteiger charge is -2.26. The number of hydrogen-bond donors (Lipinski definition) is 0. The molecule has 0 bridgehead atoms. The fourth-order valence-electron chi connectivity index (χ4n) is 8.18. The molecule has 2 atom stereocenters. The highest BCUT2D eigenvalue weighted by Crippen LogP contribution is 2.40. The van der Waals surface area contributed by atoms with Crippen LogP contribution in [-0.2, 0) is 0 Å². The van der Waals surface area contributed by atoms with E-state index in [4.69, 9.17) is 0 Å². The van der Waals surface area contributed by atoms with Crippen molar-refractivity contribution in [2.24, 2.45) is 0 Å². The smallest absolute Gasteiger partial charge is 0.0555 e. The van der Waals surface area contributed by atoms with Gasteiger partial charge in [-0.2, -0.15) is 0 Å². The highest BCUT2D eigenvalue weighted by molar-refractivity contribution is 7.26. The molecule has 0 radical (unpaired) electrons. The van der Waals surface area contributed by atoms with E-state index in [1.165, 1.54) is 58.5 Å². The third-order valence-electron chi connectivity index (χ3n) is 10.7. The molecule has 3 heteroatoms. The minimum absolute atomic E-state index is 0.323. The molecule has 0 fully saturated rings. The van der Waals surface area contributed by atoms with Crippen LogP contribution in [0.4, 0.5) is 17.1 Å². The Morgan fingerprint density at radius 1 is 0.549 bits per heavy atom. The molecular weight excluding hydrogens is 637 g/mol. The van der Waals surface area contributed by atoms with Gasteiger partial charge in [0.1, 0.15) is 0 Å². The molecule has 10 rings (SSSR count). The number of para-hydroxylation sites is 2. The van der Waals surface area contributed by atoms with Crippen LogP contribution in [0.3, 0.4) is 0 Å². The van der Waals surface area contributed by atoms with Crippen LogP contribution in [0.2, 0.25) is 0 Å². The molecule has 0 spiro atoms. The van der Waals surface area contributed by atoms with Gasteiger partial charge in [-0.3, -0.25) is 0 Å². The normalized spacial score (nSPS) is 16.8. The van der Waals surface area contributed by atoms with Gasteiger partial charge in [0.25, 0.3) is 0 Å². The number of benzene rings is 6. The molecule has 2 heterocycles. The van der Waals surface area contributed by atoms with Gasteiger partial charge in [0.2, 0.25) is 0 Å². The maximum atomic E-state index is 2.54. The predicted molar refractivity (Wildman–Crippen MR) is 219 cm³/mol. The van der Waals surface area contributed by atoms with Crippen molar-refractivity contribution in [3.63, 3.8) is 0 Å². The van der Waals surface area contributed by atoms with Crippen molar-refractivity contribution in [2.75, 3.05) is 4.90 Å². The Labute approximate surface area is 301 Å². The van der Waals surface area contributed by atoms with Crippen LogP contribution in [0.5, 0.6) is 0 Å². The zero-order chi connectivity index (χ0) is 33.7. The van der Waals surface area contributed by atoms with E-state index in [0.29, 0.717) is 11.8 Å². The van der Waals surface area contributed by atoms with Crippen molar-refractivity contribution in [1.82, 2.24) is 4.57 Å². The first kappa shape index (κ1) is 30.0. The predicted octanol–water partition coefficient (Wildman–Crippen LogP) is 11.8. The molecule has 0 aliphatic heterocycles. The molecular formula is C48H36N2S. The summed E-state index contributed by atoms with van der Waals surface area (Å²) in [7, 11) is 0. The van der Waals surface area contributed by atoms with Gasteiger partial charge in [0.15, 0.2) is 0 Å². The highest BCUT2D eigenvalue weighted by atomic mass is 32.1. The SMILES string of the molecule is C1=CC(c2ccc(N(c3ccccc3)c3ccccc3)cc2)CC=C1n1c2c(c3c4sc5ccccc5c4ccc31)=CCC(c1ccccc1)C=2. The van der Waals surface area contributed by atoms with Gasteiger partial charge < -0.3 is 9.47 Å². The fraction of sp³-hybridized carbons (Fsp3) is 0.0833. The summed E-state index contributed by atoms with van der Waals surface area (Å²) in [5.74, 6) is 0.676. The summed E-state index contributed by atoms with van der Waals surface area (Å²) in [5, 5.41) is 6.79. The largest absolute Gasteiger partial charge is 0.311 e. The number of anilines is 3. The third kappa shape index (κ3) is 5.16. The number of fused-ring (bicyclic) bond motifs is 7. The van der Waals surface area contributed by atoms with Crippen molar-refractivity contribution in [3.8, 4) is 0 Å². The summed E-state index contributed by atoms with van der Waals surface area (Å²) in [6.07, 6.45) is 14.2. The average molecular weight is 673 g/mol. The standard InChI is InChI=1S/C48H36N2S/c1-4-12-33(13-5-1)36-24-29-43-45(32-36)50(44-31-30-42-41-18-10-11-19-46(41)51-48(42)47(43)44)40-27-22-35(23-28-40)34-20-25-39(26-21-34)49(37-14-6-2-7-15-37)38-16-8-3-9-17-38/h1-22,25-32,35-36H,23-24H2. The van der Waals surface area contributed by atoms with Gasteiger partial charge in [0.05, 0.1) is 10.9 Å². The molecule has 0 amide bonds. The minimum atomic E-state index is 0.323. The summed E-state index contributed by atoms with van der Waals surface area (Å²) < 4.78 is 5.28. The molecule has 8 aromatic rings. The maximum absolute atomic E-state index is 2.54. The summed E-state index contributed by atoms with van der Waals surface area (Å²) in [6, 6.07) is 54.9. The van der Waals surface area contributed by atoms with Crippen LogP contribution >= 0.6 is 11.3 Å². The maximum Gasteiger partial charge on any atom is 0.0555 e. The summed E-state index contributed by atoms with van der Waals surface area (Å²) in [6.45, 7) is 0. The van der Waals surface area contributed by atoms with Crippen LogP contribution in [0.25, 0.3) is 48.9 Å². The van der Waals surface area contributed by atoms with E-state index in [1.54, 1.807) is 0 Å². The van der Waals surface area contributed by atoms with Gasteiger partial charge in [-0.15, -0.1) is 11.3 Å². The Bertz CT molecular complexity index is 2700. The van der Waals surface area contributed by atoms with Crippen molar-refractivity contribution >= 4 is 77.3 Å². The lowest BCUT2D eigenvalue weighted by atomic mass is 9.91. The topological polar surface area (TPSA) is 8.17 Å². The van der Waals surface area contributed by atoms with Gasteiger partial charge in [-0.1, -0.05) is 127 Å². The number of hydrogen-bond acceptors (Lipinski definition) is 2. The van der Waals surface area contributed by atoms with Crippen molar-refractivity contribution in [1.29, 1.82) is 0 Å². The third-order valence-corrected chi connectivity index (χ3v) is 11.9. The Morgan fingerprint density at radius 2 is 1.18 bits per heavy atom. The van der Waals surface area contributed by atoms with E-state index in [-0.39, 0.29) is 0 Å². The lowest BCUT2D eigenvalue weighted by molar-refractivity contribution is 0.845. The van der Waals surface area contributed by atoms with Crippen molar-refractivity contribution in [2.45, 2.75) is 24.7 Å². The second kappa shape index (κ2) is 12.5. The van der Waals surface area contributed by atoms with E-state index in [9.17, 15) is 0 Å². The van der Waals surface area contributed by atoms with E-state index in [2.05, 4.69) is 192 Å². The van der Waals surface area contributed by atoms with Crippen LogP contribution in [0.1, 0.15) is 35.8 Å². The zero-order valence-electron chi connectivity index (χ0n) is 28.2. The van der Waals surface area contributed by atoms with E-state index in [0.717, 1.165) is 29.9 Å². The first-order chi connectivity index (χ1) is 25.3. The van der Waals surface area contributed by atoms with Gasteiger partial charge in [-0.05, 0) is 78.6 Å². The summed E-state index contributed by atoms with van der Waals surface area (Å²) in [4.78, 5) is 2.32. The van der Waals surface area contributed by atoms with Gasteiger partial charge in [0, 0.05) is 65.4 Å². The van der Waals surface area contributed by atoms with E-state index >= 15 is 0 Å². The monoisotopic (exact) mass is 672 g/mol. The molecule has 0 saturated carbocycles. The number of rotatable bonds is 6. The van der Waals surface area contributed by atoms with Crippen LogP contribution in [0.15, 0.2) is 170 Å². The van der Waals surface area contributed by atoms with Gasteiger partial charge in [-0.25, -0.2) is 0 Å². The minimum Gasteiger partial charge on any atom is -0.311 e. The summed E-state index contributed by atoms with van der Waals surface area (Å²) >= 11 is 1.93. The number of nitrogens with zero attached hydrogens (tertiary/aromatic N) is 2. The Hall–Kier alpha value is -5.90. The molecule has 2 aliphatic rings. The second-order valence-electron chi connectivity index (χ2n) is 13.6. The highest BCUT2D eigenvalue weighted by Gasteiger charge is 2.22. The Morgan fingerprint density at radius 3 is 1.88 bits per heavy atom. The van der Waals surface area contributed by atoms with E-state index in [1.807, 2.05) is 11.3 Å². The van der Waals surface area contributed by atoms with E-state index < -0.39 is 0 Å². The zero-order valence-corrected chi connectivity index (χ0v) is 29.0. The molecule has 0 saturated heterocycles. The van der Waals surface area contributed by atoms with Crippen molar-refractivity contribution in [3.05, 3.63) is 192 Å². The Kier molecular flexibility index (Phi) is 7.32. The average Bonchev–Trinajstić information content (AvgIpc) is 3.75.